The summed E-state index contributed by atoms with van der Waals surface area (Å²) in [6.45, 7) is 5.04. The minimum Gasteiger partial charge on any atom is -0.490 e. The molecular weight excluding hydrogens is 222 g/mol. The summed E-state index contributed by atoms with van der Waals surface area (Å²) in [5, 5.41) is 4.09. The lowest BCUT2D eigenvalue weighted by atomic mass is 10.4. The van der Waals surface area contributed by atoms with E-state index in [1.54, 1.807) is 25.2 Å². The van der Waals surface area contributed by atoms with Crippen molar-refractivity contribution in [2.75, 3.05) is 24.7 Å². The van der Waals surface area contributed by atoms with E-state index >= 15 is 0 Å². The minimum absolute atomic E-state index is 0.755. The van der Waals surface area contributed by atoms with E-state index in [-0.39, 0.29) is 0 Å². The molecule has 1 aromatic rings. The van der Waals surface area contributed by atoms with Crippen LogP contribution < -0.4 is 10.1 Å². The normalized spacial score (nSPS) is 10.2. The fraction of sp³-hybridized carbons (Fsp3) is 0.636. The number of nitrogens with zero attached hydrogens (tertiary/aromatic N) is 2. The van der Waals surface area contributed by atoms with Gasteiger partial charge in [0.2, 0.25) is 0 Å². The number of anilines is 1. The van der Waals surface area contributed by atoms with Crippen LogP contribution in [0.25, 0.3) is 0 Å². The molecule has 0 bridgehead atoms. The fourth-order valence-corrected chi connectivity index (χ4v) is 2.31. The Balaban J connectivity index is 2.77. The van der Waals surface area contributed by atoms with Gasteiger partial charge in [-0.05, 0) is 19.1 Å². The van der Waals surface area contributed by atoms with E-state index < -0.39 is 0 Å². The molecule has 0 saturated carbocycles. The van der Waals surface area contributed by atoms with E-state index in [1.807, 2.05) is 6.92 Å². The first-order valence-electron chi connectivity index (χ1n) is 5.59. The van der Waals surface area contributed by atoms with Gasteiger partial charge < -0.3 is 10.1 Å². The average Bonchev–Trinajstić information content (AvgIpc) is 2.30. The van der Waals surface area contributed by atoms with Crippen molar-refractivity contribution in [2.45, 2.75) is 31.7 Å². The van der Waals surface area contributed by atoms with Crippen molar-refractivity contribution < 1.29 is 4.74 Å². The SMILES string of the molecule is CCCCSc1ncnc(NCC)c1OC. The molecule has 1 rings (SSSR count). The maximum Gasteiger partial charge on any atom is 0.193 e. The van der Waals surface area contributed by atoms with Crippen LogP contribution in [0.1, 0.15) is 26.7 Å². The van der Waals surface area contributed by atoms with Crippen molar-refractivity contribution in [3.05, 3.63) is 6.33 Å². The summed E-state index contributed by atoms with van der Waals surface area (Å²) in [4.78, 5) is 8.42. The van der Waals surface area contributed by atoms with Crippen molar-refractivity contribution in [3.8, 4) is 5.75 Å². The maximum atomic E-state index is 5.35. The van der Waals surface area contributed by atoms with Crippen LogP contribution in [0.4, 0.5) is 5.82 Å². The van der Waals surface area contributed by atoms with Gasteiger partial charge >= 0.3 is 0 Å². The van der Waals surface area contributed by atoms with Gasteiger partial charge in [-0.1, -0.05) is 13.3 Å². The van der Waals surface area contributed by atoms with Gasteiger partial charge in [-0.2, -0.15) is 0 Å². The number of aromatic nitrogens is 2. The van der Waals surface area contributed by atoms with E-state index in [1.165, 1.54) is 12.8 Å². The summed E-state index contributed by atoms with van der Waals surface area (Å²) in [6.07, 6.45) is 3.96. The van der Waals surface area contributed by atoms with Crippen molar-refractivity contribution in [3.63, 3.8) is 0 Å². The van der Waals surface area contributed by atoms with Crippen molar-refractivity contribution in [2.24, 2.45) is 0 Å². The lowest BCUT2D eigenvalue weighted by molar-refractivity contribution is 0.400. The van der Waals surface area contributed by atoms with Crippen LogP contribution in [0, 0.1) is 0 Å². The predicted molar refractivity (Wildman–Crippen MR) is 68.4 cm³/mol. The first-order chi connectivity index (χ1) is 7.83. The molecule has 90 valence electrons. The van der Waals surface area contributed by atoms with Crippen LogP contribution in [0.2, 0.25) is 0 Å². The molecule has 1 aromatic heterocycles. The quantitative estimate of drug-likeness (QED) is 0.452. The van der Waals surface area contributed by atoms with E-state index in [0.717, 1.165) is 28.9 Å². The van der Waals surface area contributed by atoms with Gasteiger partial charge in [0.05, 0.1) is 7.11 Å². The van der Waals surface area contributed by atoms with Crippen molar-refractivity contribution in [1.82, 2.24) is 9.97 Å². The molecular formula is C11H19N3OS. The molecule has 0 aliphatic rings. The Labute approximate surface area is 101 Å². The van der Waals surface area contributed by atoms with Crippen LogP contribution in [0.3, 0.4) is 0 Å². The molecule has 0 unspecified atom stereocenters. The second kappa shape index (κ2) is 7.33. The molecule has 0 amide bonds. The van der Waals surface area contributed by atoms with Gasteiger partial charge in [0, 0.05) is 6.54 Å². The standard InChI is InChI=1S/C11H19N3OS/c1-4-6-7-16-11-9(15-3)10(12-5-2)13-8-14-11/h8H,4-7H2,1-3H3,(H,12,13,14). The lowest BCUT2D eigenvalue weighted by Crippen LogP contribution is -2.04. The molecule has 1 N–H and O–H groups in total. The van der Waals surface area contributed by atoms with Gasteiger partial charge in [-0.15, -0.1) is 11.8 Å². The fourth-order valence-electron chi connectivity index (χ4n) is 1.25. The first-order valence-corrected chi connectivity index (χ1v) is 6.57. The molecule has 0 spiro atoms. The number of hydrogen-bond donors (Lipinski definition) is 1. The predicted octanol–water partition coefficient (Wildman–Crippen LogP) is 2.81. The van der Waals surface area contributed by atoms with Crippen molar-refractivity contribution >= 4 is 17.6 Å². The topological polar surface area (TPSA) is 47.0 Å². The number of thioether (sulfide) groups is 1. The Morgan fingerprint density at radius 2 is 2.19 bits per heavy atom. The molecule has 0 aliphatic heterocycles. The number of rotatable bonds is 7. The Kier molecular flexibility index (Phi) is 6.00. The third kappa shape index (κ3) is 3.56. The molecule has 0 radical (unpaired) electrons. The number of methoxy groups -OCH3 is 1. The summed E-state index contributed by atoms with van der Waals surface area (Å²) in [6, 6.07) is 0. The van der Waals surface area contributed by atoms with Gasteiger partial charge in [0.25, 0.3) is 0 Å². The second-order valence-corrected chi connectivity index (χ2v) is 4.38. The Morgan fingerprint density at radius 3 is 2.81 bits per heavy atom. The monoisotopic (exact) mass is 241 g/mol. The van der Waals surface area contributed by atoms with E-state index in [9.17, 15) is 0 Å². The smallest absolute Gasteiger partial charge is 0.193 e. The summed E-state index contributed by atoms with van der Waals surface area (Å²) >= 11 is 1.72. The average molecular weight is 241 g/mol. The van der Waals surface area contributed by atoms with E-state index in [2.05, 4.69) is 22.2 Å². The number of ether oxygens (including phenoxy) is 1. The van der Waals surface area contributed by atoms with E-state index in [4.69, 9.17) is 4.74 Å². The molecule has 1 heterocycles. The van der Waals surface area contributed by atoms with Crippen LogP contribution in [0.5, 0.6) is 5.75 Å². The Bertz CT molecular complexity index is 320. The van der Waals surface area contributed by atoms with Gasteiger partial charge in [-0.3, -0.25) is 0 Å². The van der Waals surface area contributed by atoms with Crippen LogP contribution in [-0.4, -0.2) is 29.4 Å². The number of nitrogens with one attached hydrogen (secondary N) is 1. The molecule has 0 aliphatic carbocycles. The van der Waals surface area contributed by atoms with Gasteiger partial charge in [0.15, 0.2) is 11.6 Å². The molecule has 0 atom stereocenters. The zero-order chi connectivity index (χ0) is 11.8. The second-order valence-electron chi connectivity index (χ2n) is 3.29. The van der Waals surface area contributed by atoms with Gasteiger partial charge in [-0.25, -0.2) is 9.97 Å². The summed E-state index contributed by atoms with van der Waals surface area (Å²) in [5.74, 6) is 2.60. The molecule has 4 nitrogen and oxygen atoms in total. The molecule has 0 saturated heterocycles. The highest BCUT2D eigenvalue weighted by atomic mass is 32.2. The zero-order valence-corrected chi connectivity index (χ0v) is 10.9. The zero-order valence-electron chi connectivity index (χ0n) is 10.1. The highest BCUT2D eigenvalue weighted by molar-refractivity contribution is 7.99. The largest absolute Gasteiger partial charge is 0.490 e. The molecule has 0 fully saturated rings. The molecule has 0 aromatic carbocycles. The van der Waals surface area contributed by atoms with Gasteiger partial charge in [0.1, 0.15) is 11.4 Å². The summed E-state index contributed by atoms with van der Waals surface area (Å²) in [5.41, 5.74) is 0. The summed E-state index contributed by atoms with van der Waals surface area (Å²) < 4.78 is 5.35. The summed E-state index contributed by atoms with van der Waals surface area (Å²) in [7, 11) is 1.66. The number of hydrogen-bond acceptors (Lipinski definition) is 5. The molecule has 16 heavy (non-hydrogen) atoms. The van der Waals surface area contributed by atoms with Crippen LogP contribution in [0.15, 0.2) is 11.4 Å². The highest BCUT2D eigenvalue weighted by Crippen LogP contribution is 2.32. The third-order valence-electron chi connectivity index (χ3n) is 2.06. The Morgan fingerprint density at radius 1 is 1.38 bits per heavy atom. The Hall–Kier alpha value is -0.970. The van der Waals surface area contributed by atoms with E-state index in [0.29, 0.717) is 0 Å². The maximum absolute atomic E-state index is 5.35. The molecule has 5 heteroatoms. The van der Waals surface area contributed by atoms with Crippen molar-refractivity contribution in [1.29, 1.82) is 0 Å². The third-order valence-corrected chi connectivity index (χ3v) is 3.11. The number of unbranched alkanes of at least 4 members (excludes halogenated alkanes) is 1. The minimum atomic E-state index is 0.755. The first kappa shape index (κ1) is 13.1. The highest BCUT2D eigenvalue weighted by Gasteiger charge is 2.11. The van der Waals surface area contributed by atoms with Crippen LogP contribution >= 0.6 is 11.8 Å². The van der Waals surface area contributed by atoms with Crippen LogP contribution in [-0.2, 0) is 0 Å². The lowest BCUT2D eigenvalue weighted by Gasteiger charge is -2.11.